The lowest BCUT2D eigenvalue weighted by Crippen LogP contribution is -2.15. The highest BCUT2D eigenvalue weighted by atomic mass is 16.5. The van der Waals surface area contributed by atoms with Gasteiger partial charge in [0.15, 0.2) is 11.5 Å². The Hall–Kier alpha value is -2.28. The van der Waals surface area contributed by atoms with Gasteiger partial charge in [-0.05, 0) is 18.9 Å². The molecule has 0 amide bonds. The third kappa shape index (κ3) is 2.09. The van der Waals surface area contributed by atoms with Gasteiger partial charge in [0.1, 0.15) is 5.69 Å². The molecule has 4 rings (SSSR count). The standard InChI is InChI=1S/C14H15N5O2/c1-9(11-3-2-8-20-11)13-17-14(21-18-13)10-4-6-15-12-5-7-16-19(10)12/h4-7,9,11H,2-3,8H2,1H3. The summed E-state index contributed by atoms with van der Waals surface area (Å²) in [5.74, 6) is 1.25. The number of rotatable bonds is 3. The van der Waals surface area contributed by atoms with Crippen LogP contribution in [0.2, 0.25) is 0 Å². The highest BCUT2D eigenvalue weighted by Gasteiger charge is 2.27. The van der Waals surface area contributed by atoms with E-state index in [1.807, 2.05) is 12.1 Å². The zero-order valence-corrected chi connectivity index (χ0v) is 11.6. The minimum absolute atomic E-state index is 0.125. The summed E-state index contributed by atoms with van der Waals surface area (Å²) in [6.07, 6.45) is 5.72. The predicted molar refractivity (Wildman–Crippen MR) is 73.7 cm³/mol. The molecular formula is C14H15N5O2. The van der Waals surface area contributed by atoms with Crippen molar-refractivity contribution in [2.45, 2.75) is 31.8 Å². The van der Waals surface area contributed by atoms with Gasteiger partial charge in [-0.2, -0.15) is 10.1 Å². The first-order chi connectivity index (χ1) is 10.3. The van der Waals surface area contributed by atoms with E-state index in [9.17, 15) is 0 Å². The summed E-state index contributed by atoms with van der Waals surface area (Å²) in [6, 6.07) is 3.64. The van der Waals surface area contributed by atoms with Gasteiger partial charge in [0.25, 0.3) is 5.89 Å². The van der Waals surface area contributed by atoms with Gasteiger partial charge in [0.05, 0.1) is 12.3 Å². The molecule has 1 aliphatic heterocycles. The number of hydrogen-bond acceptors (Lipinski definition) is 6. The second-order valence-corrected chi connectivity index (χ2v) is 5.23. The van der Waals surface area contributed by atoms with Gasteiger partial charge in [-0.3, -0.25) is 0 Å². The van der Waals surface area contributed by atoms with Gasteiger partial charge in [-0.25, -0.2) is 9.50 Å². The summed E-state index contributed by atoms with van der Waals surface area (Å²) in [5, 5.41) is 8.33. The van der Waals surface area contributed by atoms with E-state index in [-0.39, 0.29) is 12.0 Å². The minimum atomic E-state index is 0.125. The molecule has 3 aromatic rings. The Morgan fingerprint density at radius 1 is 1.33 bits per heavy atom. The lowest BCUT2D eigenvalue weighted by Gasteiger charge is -2.14. The molecule has 2 unspecified atom stereocenters. The van der Waals surface area contributed by atoms with Gasteiger partial charge in [-0.1, -0.05) is 12.1 Å². The van der Waals surface area contributed by atoms with Crippen LogP contribution in [0.4, 0.5) is 0 Å². The molecule has 1 fully saturated rings. The van der Waals surface area contributed by atoms with Crippen LogP contribution in [0.3, 0.4) is 0 Å². The molecule has 7 heteroatoms. The fraction of sp³-hybridized carbons (Fsp3) is 0.429. The molecule has 1 aliphatic rings. The highest BCUT2D eigenvalue weighted by molar-refractivity contribution is 5.52. The lowest BCUT2D eigenvalue weighted by atomic mass is 10.0. The largest absolute Gasteiger partial charge is 0.377 e. The van der Waals surface area contributed by atoms with E-state index in [4.69, 9.17) is 9.26 Å². The van der Waals surface area contributed by atoms with E-state index in [0.717, 1.165) is 30.8 Å². The maximum Gasteiger partial charge on any atom is 0.276 e. The molecule has 7 nitrogen and oxygen atoms in total. The third-order valence-electron chi connectivity index (χ3n) is 3.88. The van der Waals surface area contributed by atoms with Crippen LogP contribution in [0.1, 0.15) is 31.5 Å². The second-order valence-electron chi connectivity index (χ2n) is 5.23. The van der Waals surface area contributed by atoms with Crippen LogP contribution in [0, 0.1) is 0 Å². The van der Waals surface area contributed by atoms with Crippen molar-refractivity contribution in [2.75, 3.05) is 6.61 Å². The Morgan fingerprint density at radius 3 is 3.14 bits per heavy atom. The van der Waals surface area contributed by atoms with E-state index in [2.05, 4.69) is 27.1 Å². The van der Waals surface area contributed by atoms with Crippen LogP contribution in [0.5, 0.6) is 0 Å². The maximum atomic E-state index is 5.69. The average molecular weight is 285 g/mol. The van der Waals surface area contributed by atoms with E-state index < -0.39 is 0 Å². The summed E-state index contributed by atoms with van der Waals surface area (Å²) < 4.78 is 12.8. The monoisotopic (exact) mass is 285 g/mol. The molecule has 108 valence electrons. The van der Waals surface area contributed by atoms with Gasteiger partial charge >= 0.3 is 0 Å². The second kappa shape index (κ2) is 4.92. The van der Waals surface area contributed by atoms with Crippen LogP contribution in [0.15, 0.2) is 29.0 Å². The average Bonchev–Trinajstić information content (AvgIpc) is 3.25. The number of fused-ring (bicyclic) bond motifs is 1. The highest BCUT2D eigenvalue weighted by Crippen LogP contribution is 2.28. The summed E-state index contributed by atoms with van der Waals surface area (Å²) >= 11 is 0. The first kappa shape index (κ1) is 12.5. The normalized spacial score (nSPS) is 20.1. The number of ether oxygens (including phenoxy) is 1. The fourth-order valence-corrected chi connectivity index (χ4v) is 2.68. The van der Waals surface area contributed by atoms with Crippen molar-refractivity contribution in [2.24, 2.45) is 0 Å². The van der Waals surface area contributed by atoms with Gasteiger partial charge in [-0.15, -0.1) is 0 Å². The Kier molecular flexibility index (Phi) is 2.92. The van der Waals surface area contributed by atoms with E-state index >= 15 is 0 Å². The summed E-state index contributed by atoms with van der Waals surface area (Å²) in [6.45, 7) is 2.89. The van der Waals surface area contributed by atoms with Crippen molar-refractivity contribution in [3.63, 3.8) is 0 Å². The first-order valence-electron chi connectivity index (χ1n) is 7.07. The predicted octanol–water partition coefficient (Wildman–Crippen LogP) is 2.06. The van der Waals surface area contributed by atoms with Crippen molar-refractivity contribution in [3.8, 4) is 11.6 Å². The van der Waals surface area contributed by atoms with E-state index in [1.165, 1.54) is 0 Å². The summed E-state index contributed by atoms with van der Waals surface area (Å²) in [5.41, 5.74) is 1.49. The number of hydrogen-bond donors (Lipinski definition) is 0. The van der Waals surface area contributed by atoms with Gasteiger partial charge in [0.2, 0.25) is 0 Å². The molecule has 1 saturated heterocycles. The third-order valence-corrected chi connectivity index (χ3v) is 3.88. The van der Waals surface area contributed by atoms with Gasteiger partial charge < -0.3 is 9.26 Å². The van der Waals surface area contributed by atoms with E-state index in [0.29, 0.717) is 11.7 Å². The molecule has 0 aromatic carbocycles. The van der Waals surface area contributed by atoms with Crippen molar-refractivity contribution in [3.05, 3.63) is 30.4 Å². The molecule has 0 N–H and O–H groups in total. The quantitative estimate of drug-likeness (QED) is 0.733. The molecule has 2 atom stereocenters. The summed E-state index contributed by atoms with van der Waals surface area (Å²) in [4.78, 5) is 8.73. The molecule has 21 heavy (non-hydrogen) atoms. The van der Waals surface area contributed by atoms with Crippen LogP contribution >= 0.6 is 0 Å². The molecule has 0 aliphatic carbocycles. The molecule has 3 aromatic heterocycles. The van der Waals surface area contributed by atoms with Crippen LogP contribution in [0.25, 0.3) is 17.2 Å². The van der Waals surface area contributed by atoms with Crippen molar-refractivity contribution < 1.29 is 9.26 Å². The number of aromatic nitrogens is 5. The Bertz CT molecular complexity index is 759. The molecule has 0 radical (unpaired) electrons. The number of nitrogens with zero attached hydrogens (tertiary/aromatic N) is 5. The van der Waals surface area contributed by atoms with Crippen LogP contribution in [-0.4, -0.2) is 37.4 Å². The first-order valence-corrected chi connectivity index (χ1v) is 7.07. The maximum absolute atomic E-state index is 5.69. The molecular weight excluding hydrogens is 270 g/mol. The van der Waals surface area contributed by atoms with Crippen molar-refractivity contribution in [1.82, 2.24) is 24.7 Å². The molecule has 4 heterocycles. The zero-order valence-electron chi connectivity index (χ0n) is 11.6. The van der Waals surface area contributed by atoms with Crippen LogP contribution < -0.4 is 0 Å². The SMILES string of the molecule is CC(c1noc(-c2ccnc3ccnn23)n1)C1CCCO1. The molecule has 0 saturated carbocycles. The zero-order chi connectivity index (χ0) is 14.2. The van der Waals surface area contributed by atoms with E-state index in [1.54, 1.807) is 16.9 Å². The summed E-state index contributed by atoms with van der Waals surface area (Å²) in [7, 11) is 0. The smallest absolute Gasteiger partial charge is 0.276 e. The fourth-order valence-electron chi connectivity index (χ4n) is 2.68. The topological polar surface area (TPSA) is 78.3 Å². The Morgan fingerprint density at radius 2 is 2.29 bits per heavy atom. The lowest BCUT2D eigenvalue weighted by molar-refractivity contribution is 0.0902. The minimum Gasteiger partial charge on any atom is -0.377 e. The van der Waals surface area contributed by atoms with Crippen LogP contribution in [-0.2, 0) is 4.74 Å². The molecule has 0 spiro atoms. The van der Waals surface area contributed by atoms with Crippen molar-refractivity contribution in [1.29, 1.82) is 0 Å². The van der Waals surface area contributed by atoms with Crippen molar-refractivity contribution >= 4 is 5.65 Å². The Labute approximate surface area is 120 Å². The molecule has 0 bridgehead atoms. The Balaban J connectivity index is 1.69. The van der Waals surface area contributed by atoms with Gasteiger partial charge in [0, 0.05) is 24.8 Å².